The lowest BCUT2D eigenvalue weighted by Crippen LogP contribution is -1.98. The van der Waals surface area contributed by atoms with Crippen molar-refractivity contribution in [2.24, 2.45) is 4.99 Å². The first-order chi connectivity index (χ1) is 11.8. The van der Waals surface area contributed by atoms with Gasteiger partial charge in [-0.05, 0) is 19.4 Å². The van der Waals surface area contributed by atoms with E-state index in [4.69, 9.17) is 4.99 Å². The highest BCUT2D eigenvalue weighted by Gasteiger charge is 2.06. The van der Waals surface area contributed by atoms with Gasteiger partial charge in [0.05, 0.1) is 5.52 Å². The minimum atomic E-state index is 0.913. The fraction of sp³-hybridized carbons (Fsp3) is 0.650. The average molecular weight is 329 g/mol. The van der Waals surface area contributed by atoms with Gasteiger partial charge >= 0.3 is 0 Å². The number of hydrogen-bond donors (Lipinski definition) is 1. The van der Waals surface area contributed by atoms with Crippen LogP contribution in [0.25, 0.3) is 11.0 Å². The number of aromatic amines is 1. The van der Waals surface area contributed by atoms with E-state index in [1.54, 1.807) is 0 Å². The highest BCUT2D eigenvalue weighted by atomic mass is 15.3. The van der Waals surface area contributed by atoms with Gasteiger partial charge in [0.1, 0.15) is 5.52 Å². The van der Waals surface area contributed by atoms with E-state index in [2.05, 4.69) is 35.3 Å². The zero-order chi connectivity index (χ0) is 17.0. The van der Waals surface area contributed by atoms with Gasteiger partial charge in [0.15, 0.2) is 0 Å². The Morgan fingerprint density at radius 2 is 1.62 bits per heavy atom. The van der Waals surface area contributed by atoms with Gasteiger partial charge in [-0.25, -0.2) is 0 Å². The van der Waals surface area contributed by atoms with E-state index < -0.39 is 0 Å². The number of rotatable bonds is 12. The Morgan fingerprint density at radius 3 is 2.33 bits per heavy atom. The first-order valence-electron chi connectivity index (χ1n) is 9.64. The molecule has 0 atom stereocenters. The summed E-state index contributed by atoms with van der Waals surface area (Å²) in [4.78, 5) is 4.73. The highest BCUT2D eigenvalue weighted by molar-refractivity contribution is 6.07. The fourth-order valence-corrected chi connectivity index (χ4v) is 3.09. The largest absolute Gasteiger partial charge is 0.289 e. The topological polar surface area (TPSA) is 53.9 Å². The van der Waals surface area contributed by atoms with Crippen LogP contribution < -0.4 is 0 Å². The van der Waals surface area contributed by atoms with Gasteiger partial charge in [0, 0.05) is 17.8 Å². The van der Waals surface area contributed by atoms with Crippen molar-refractivity contribution in [1.82, 2.24) is 15.4 Å². The third-order valence-electron chi connectivity index (χ3n) is 4.61. The molecule has 0 aliphatic carbocycles. The van der Waals surface area contributed by atoms with Crippen LogP contribution in [-0.2, 0) is 0 Å². The third kappa shape index (κ3) is 6.06. The molecule has 0 spiro atoms. The van der Waals surface area contributed by atoms with Crippen molar-refractivity contribution in [2.75, 3.05) is 6.54 Å². The van der Waals surface area contributed by atoms with Crippen LogP contribution in [0, 0.1) is 0 Å². The molecule has 132 valence electrons. The van der Waals surface area contributed by atoms with Gasteiger partial charge in [-0.15, -0.1) is 5.10 Å². The summed E-state index contributed by atoms with van der Waals surface area (Å²) >= 11 is 0. The SMILES string of the molecule is CCCCCCCCCCCCN=C(C)c1cccc2[nH]nnc12. The number of H-pyrrole nitrogens is 1. The van der Waals surface area contributed by atoms with Crippen LogP contribution in [0.15, 0.2) is 23.2 Å². The van der Waals surface area contributed by atoms with Crippen molar-refractivity contribution in [3.63, 3.8) is 0 Å². The predicted molar refractivity (Wildman–Crippen MR) is 103 cm³/mol. The van der Waals surface area contributed by atoms with E-state index in [-0.39, 0.29) is 0 Å². The Kier molecular flexibility index (Phi) is 8.50. The number of unbranched alkanes of at least 4 members (excludes halogenated alkanes) is 9. The molecule has 0 amide bonds. The third-order valence-corrected chi connectivity index (χ3v) is 4.61. The molecule has 0 aliphatic rings. The minimum Gasteiger partial charge on any atom is -0.289 e. The quantitative estimate of drug-likeness (QED) is 0.402. The summed E-state index contributed by atoms with van der Waals surface area (Å²) in [5, 5.41) is 10.9. The van der Waals surface area contributed by atoms with Crippen LogP contribution in [0.3, 0.4) is 0 Å². The molecule has 1 heterocycles. The number of fused-ring (bicyclic) bond motifs is 1. The van der Waals surface area contributed by atoms with Gasteiger partial charge in [-0.2, -0.15) is 0 Å². The lowest BCUT2D eigenvalue weighted by Gasteiger charge is -2.03. The second-order valence-corrected chi connectivity index (χ2v) is 6.66. The number of hydrogen-bond acceptors (Lipinski definition) is 3. The van der Waals surface area contributed by atoms with Crippen LogP contribution in [0.5, 0.6) is 0 Å². The smallest absolute Gasteiger partial charge is 0.121 e. The van der Waals surface area contributed by atoms with E-state index in [0.717, 1.165) is 28.9 Å². The Bertz CT molecular complexity index is 615. The van der Waals surface area contributed by atoms with Gasteiger partial charge in [-0.1, -0.05) is 82.1 Å². The van der Waals surface area contributed by atoms with Crippen molar-refractivity contribution in [3.05, 3.63) is 23.8 Å². The number of nitrogens with zero attached hydrogens (tertiary/aromatic N) is 3. The maximum Gasteiger partial charge on any atom is 0.121 e. The maximum atomic E-state index is 4.73. The van der Waals surface area contributed by atoms with E-state index in [9.17, 15) is 0 Å². The standard InChI is InChI=1S/C20H32N4/c1-3-4-5-6-7-8-9-10-11-12-16-21-17(2)18-14-13-15-19-20(18)23-24-22-19/h13-15H,3-12,16H2,1-2H3,(H,22,23,24). The molecule has 4 nitrogen and oxygen atoms in total. The summed E-state index contributed by atoms with van der Waals surface area (Å²) in [6.45, 7) is 5.26. The van der Waals surface area contributed by atoms with Crippen LogP contribution >= 0.6 is 0 Å². The molecule has 1 aromatic heterocycles. The Hall–Kier alpha value is -1.71. The minimum absolute atomic E-state index is 0.913. The Labute approximate surface area is 146 Å². The summed E-state index contributed by atoms with van der Waals surface area (Å²) in [6, 6.07) is 6.09. The molecule has 0 aliphatic heterocycles. The normalized spacial score (nSPS) is 12.2. The highest BCUT2D eigenvalue weighted by Crippen LogP contribution is 2.15. The van der Waals surface area contributed by atoms with Crippen LogP contribution in [0.4, 0.5) is 0 Å². The summed E-state index contributed by atoms with van der Waals surface area (Å²) < 4.78 is 0. The van der Waals surface area contributed by atoms with Crippen molar-refractivity contribution in [1.29, 1.82) is 0 Å². The van der Waals surface area contributed by atoms with Crippen LogP contribution in [-0.4, -0.2) is 27.7 Å². The molecule has 1 aromatic carbocycles. The van der Waals surface area contributed by atoms with Gasteiger partial charge in [-0.3, -0.25) is 10.1 Å². The van der Waals surface area contributed by atoms with Gasteiger partial charge < -0.3 is 0 Å². The molecule has 0 bridgehead atoms. The fourth-order valence-electron chi connectivity index (χ4n) is 3.09. The van der Waals surface area contributed by atoms with E-state index in [1.807, 2.05) is 12.1 Å². The predicted octanol–water partition coefficient (Wildman–Crippen LogP) is 5.69. The molecule has 2 rings (SSSR count). The molecule has 0 unspecified atom stereocenters. The number of nitrogens with one attached hydrogen (secondary N) is 1. The van der Waals surface area contributed by atoms with Gasteiger partial charge in [0.2, 0.25) is 0 Å². The van der Waals surface area contributed by atoms with E-state index >= 15 is 0 Å². The molecule has 0 fully saturated rings. The number of benzene rings is 1. The van der Waals surface area contributed by atoms with E-state index in [1.165, 1.54) is 64.2 Å². The molecule has 24 heavy (non-hydrogen) atoms. The summed E-state index contributed by atoms with van der Waals surface area (Å²) in [5.74, 6) is 0. The van der Waals surface area contributed by atoms with Crippen molar-refractivity contribution < 1.29 is 0 Å². The monoisotopic (exact) mass is 328 g/mol. The molecule has 0 saturated heterocycles. The van der Waals surface area contributed by atoms with E-state index in [0.29, 0.717) is 0 Å². The molecule has 2 aromatic rings. The molecular weight excluding hydrogens is 296 g/mol. The first-order valence-corrected chi connectivity index (χ1v) is 9.64. The van der Waals surface area contributed by atoms with Crippen molar-refractivity contribution in [2.45, 2.75) is 78.1 Å². The maximum absolute atomic E-state index is 4.73. The Morgan fingerprint density at radius 1 is 0.958 bits per heavy atom. The summed E-state index contributed by atoms with van der Waals surface area (Å²) in [7, 11) is 0. The molecular formula is C20H32N4. The molecule has 0 radical (unpaired) electrons. The van der Waals surface area contributed by atoms with Gasteiger partial charge in [0.25, 0.3) is 0 Å². The average Bonchev–Trinajstić information content (AvgIpc) is 3.08. The zero-order valence-electron chi connectivity index (χ0n) is 15.4. The van der Waals surface area contributed by atoms with Crippen molar-refractivity contribution in [3.8, 4) is 0 Å². The van der Waals surface area contributed by atoms with Crippen LogP contribution in [0.1, 0.15) is 83.6 Å². The zero-order valence-corrected chi connectivity index (χ0v) is 15.4. The number of aromatic nitrogens is 3. The molecule has 1 N–H and O–H groups in total. The molecule has 0 saturated carbocycles. The second kappa shape index (κ2) is 11.0. The summed E-state index contributed by atoms with van der Waals surface area (Å²) in [5.41, 5.74) is 4.04. The summed E-state index contributed by atoms with van der Waals surface area (Å²) in [6.07, 6.45) is 13.6. The Balaban J connectivity index is 1.60. The van der Waals surface area contributed by atoms with Crippen LogP contribution in [0.2, 0.25) is 0 Å². The van der Waals surface area contributed by atoms with Crippen molar-refractivity contribution >= 4 is 16.7 Å². The lowest BCUT2D eigenvalue weighted by atomic mass is 10.1. The first kappa shape index (κ1) is 18.6. The lowest BCUT2D eigenvalue weighted by molar-refractivity contribution is 0.558. The second-order valence-electron chi connectivity index (χ2n) is 6.66. The molecule has 4 heteroatoms. The number of aliphatic imine (C=N–C) groups is 1.